The van der Waals surface area contributed by atoms with Crippen LogP contribution in [0.5, 0.6) is 17.2 Å². The Morgan fingerprint density at radius 2 is 1.71 bits per heavy atom. The summed E-state index contributed by atoms with van der Waals surface area (Å²) in [5.74, 6) is 1.70. The van der Waals surface area contributed by atoms with E-state index in [9.17, 15) is 0 Å². The van der Waals surface area contributed by atoms with Crippen LogP contribution in [-0.2, 0) is 14.2 Å². The Bertz CT molecular complexity index is 434. The van der Waals surface area contributed by atoms with E-state index in [1.165, 1.54) is 0 Å². The number of hydrogen-bond acceptors (Lipinski definition) is 6. The van der Waals surface area contributed by atoms with Gasteiger partial charge in [-0.1, -0.05) is 0 Å². The average molecular weight is 298 g/mol. The van der Waals surface area contributed by atoms with Crippen molar-refractivity contribution in [3.05, 3.63) is 17.7 Å². The van der Waals surface area contributed by atoms with Gasteiger partial charge in [0.1, 0.15) is 0 Å². The van der Waals surface area contributed by atoms with Crippen molar-refractivity contribution >= 4 is 0 Å². The minimum absolute atomic E-state index is 0.0211. The fourth-order valence-electron chi connectivity index (χ4n) is 2.31. The van der Waals surface area contributed by atoms with Crippen molar-refractivity contribution in [2.45, 2.75) is 18.8 Å². The van der Waals surface area contributed by atoms with Crippen molar-refractivity contribution in [2.75, 3.05) is 41.7 Å². The number of ether oxygens (including phenoxy) is 6. The molecule has 0 spiro atoms. The summed E-state index contributed by atoms with van der Waals surface area (Å²) in [6, 6.07) is 3.67. The first kappa shape index (κ1) is 15.9. The Labute approximate surface area is 124 Å². The first-order valence-electron chi connectivity index (χ1n) is 6.79. The summed E-state index contributed by atoms with van der Waals surface area (Å²) in [6.45, 7) is 1.17. The third-order valence-corrected chi connectivity index (χ3v) is 3.34. The van der Waals surface area contributed by atoms with Crippen LogP contribution in [0.3, 0.4) is 0 Å². The summed E-state index contributed by atoms with van der Waals surface area (Å²) in [7, 11) is 6.39. The largest absolute Gasteiger partial charge is 0.493 e. The molecule has 1 aliphatic heterocycles. The van der Waals surface area contributed by atoms with E-state index in [0.717, 1.165) is 12.0 Å². The highest BCUT2D eigenvalue weighted by Crippen LogP contribution is 2.41. The molecule has 0 bridgehead atoms. The van der Waals surface area contributed by atoms with Crippen molar-refractivity contribution in [3.8, 4) is 17.2 Å². The zero-order valence-corrected chi connectivity index (χ0v) is 12.9. The van der Waals surface area contributed by atoms with Crippen LogP contribution in [0.1, 0.15) is 18.3 Å². The first-order valence-corrected chi connectivity index (χ1v) is 6.79. The third kappa shape index (κ3) is 3.58. The lowest BCUT2D eigenvalue weighted by Gasteiger charge is -2.30. The van der Waals surface area contributed by atoms with Crippen LogP contribution in [0.4, 0.5) is 0 Å². The van der Waals surface area contributed by atoms with Crippen LogP contribution < -0.4 is 14.2 Å². The van der Waals surface area contributed by atoms with E-state index in [2.05, 4.69) is 0 Å². The summed E-state index contributed by atoms with van der Waals surface area (Å²) < 4.78 is 32.7. The summed E-state index contributed by atoms with van der Waals surface area (Å²) in [5.41, 5.74) is 0.824. The van der Waals surface area contributed by atoms with E-state index in [0.29, 0.717) is 30.5 Å². The molecule has 0 unspecified atom stereocenters. The maximum absolute atomic E-state index is 5.89. The molecule has 6 heteroatoms. The molecule has 0 saturated carbocycles. The molecule has 1 saturated heterocycles. The maximum Gasteiger partial charge on any atom is 0.203 e. The summed E-state index contributed by atoms with van der Waals surface area (Å²) in [6.07, 6.45) is 0.370. The predicted molar refractivity (Wildman–Crippen MR) is 76.2 cm³/mol. The Kier molecular flexibility index (Phi) is 5.67. The zero-order chi connectivity index (χ0) is 15.2. The van der Waals surface area contributed by atoms with Gasteiger partial charge in [-0.2, -0.15) is 0 Å². The molecule has 21 heavy (non-hydrogen) atoms. The lowest BCUT2D eigenvalue weighted by molar-refractivity contribution is -0.226. The molecule has 1 aromatic carbocycles. The SMILES string of the molecule is COC[C@@H]1CCO[C@H](c2cc(OC)c(OC)c(OC)c2)O1. The van der Waals surface area contributed by atoms with E-state index in [1.807, 2.05) is 12.1 Å². The highest BCUT2D eigenvalue weighted by atomic mass is 16.7. The average Bonchev–Trinajstić information content (AvgIpc) is 2.54. The van der Waals surface area contributed by atoms with Gasteiger partial charge < -0.3 is 28.4 Å². The molecular weight excluding hydrogens is 276 g/mol. The van der Waals surface area contributed by atoms with Gasteiger partial charge >= 0.3 is 0 Å². The van der Waals surface area contributed by atoms with Crippen molar-refractivity contribution in [2.24, 2.45) is 0 Å². The van der Waals surface area contributed by atoms with Crippen molar-refractivity contribution in [1.82, 2.24) is 0 Å². The molecule has 1 heterocycles. The maximum atomic E-state index is 5.89. The quantitative estimate of drug-likeness (QED) is 0.802. The van der Waals surface area contributed by atoms with Gasteiger partial charge in [-0.25, -0.2) is 0 Å². The van der Waals surface area contributed by atoms with Gasteiger partial charge in [-0.05, 0) is 18.6 Å². The van der Waals surface area contributed by atoms with E-state index in [1.54, 1.807) is 28.4 Å². The predicted octanol–water partition coefficient (Wildman–Crippen LogP) is 2.16. The number of benzene rings is 1. The van der Waals surface area contributed by atoms with Crippen molar-refractivity contribution < 1.29 is 28.4 Å². The molecule has 0 aromatic heterocycles. The third-order valence-electron chi connectivity index (χ3n) is 3.34. The smallest absolute Gasteiger partial charge is 0.203 e. The van der Waals surface area contributed by atoms with Gasteiger partial charge in [-0.15, -0.1) is 0 Å². The molecule has 1 aliphatic rings. The van der Waals surface area contributed by atoms with Crippen LogP contribution in [0.25, 0.3) is 0 Å². The Morgan fingerprint density at radius 1 is 1.05 bits per heavy atom. The summed E-state index contributed by atoms with van der Waals surface area (Å²) in [4.78, 5) is 0. The molecule has 0 aliphatic carbocycles. The molecular formula is C15H22O6. The lowest BCUT2D eigenvalue weighted by Crippen LogP contribution is -2.30. The minimum Gasteiger partial charge on any atom is -0.493 e. The Hall–Kier alpha value is -1.50. The van der Waals surface area contributed by atoms with Gasteiger partial charge in [-0.3, -0.25) is 0 Å². The van der Waals surface area contributed by atoms with E-state index in [4.69, 9.17) is 28.4 Å². The normalized spacial score (nSPS) is 21.9. The molecule has 2 atom stereocenters. The second kappa shape index (κ2) is 7.49. The Morgan fingerprint density at radius 3 is 2.24 bits per heavy atom. The van der Waals surface area contributed by atoms with Crippen LogP contribution in [0.15, 0.2) is 12.1 Å². The molecule has 6 nitrogen and oxygen atoms in total. The van der Waals surface area contributed by atoms with Gasteiger partial charge in [0.25, 0.3) is 0 Å². The van der Waals surface area contributed by atoms with Gasteiger partial charge in [0.15, 0.2) is 17.8 Å². The zero-order valence-electron chi connectivity index (χ0n) is 12.9. The molecule has 1 aromatic rings. The fraction of sp³-hybridized carbons (Fsp3) is 0.600. The Balaban J connectivity index is 2.26. The number of methoxy groups -OCH3 is 4. The monoisotopic (exact) mass is 298 g/mol. The minimum atomic E-state index is -0.465. The lowest BCUT2D eigenvalue weighted by atomic mass is 10.1. The standard InChI is InChI=1S/C15H22O6/c1-16-9-11-5-6-20-15(21-11)10-7-12(17-2)14(19-4)13(8-10)18-3/h7-8,11,15H,5-6,9H2,1-4H3/t11-,15-/m0/s1. The molecule has 0 radical (unpaired) electrons. The van der Waals surface area contributed by atoms with Crippen LogP contribution in [0.2, 0.25) is 0 Å². The molecule has 0 N–H and O–H groups in total. The topological polar surface area (TPSA) is 55.4 Å². The second-order valence-corrected chi connectivity index (χ2v) is 4.66. The highest BCUT2D eigenvalue weighted by molar-refractivity contribution is 5.54. The van der Waals surface area contributed by atoms with Crippen LogP contribution in [-0.4, -0.2) is 47.8 Å². The van der Waals surface area contributed by atoms with E-state index < -0.39 is 6.29 Å². The molecule has 1 fully saturated rings. The fourth-order valence-corrected chi connectivity index (χ4v) is 2.31. The number of hydrogen-bond donors (Lipinski definition) is 0. The summed E-state index contributed by atoms with van der Waals surface area (Å²) >= 11 is 0. The second-order valence-electron chi connectivity index (χ2n) is 4.66. The molecule has 2 rings (SSSR count). The van der Waals surface area contributed by atoms with E-state index in [-0.39, 0.29) is 6.10 Å². The van der Waals surface area contributed by atoms with Gasteiger partial charge in [0.05, 0.1) is 40.6 Å². The summed E-state index contributed by atoms with van der Waals surface area (Å²) in [5, 5.41) is 0. The van der Waals surface area contributed by atoms with Gasteiger partial charge in [0.2, 0.25) is 5.75 Å². The van der Waals surface area contributed by atoms with E-state index >= 15 is 0 Å². The van der Waals surface area contributed by atoms with Crippen LogP contribution >= 0.6 is 0 Å². The van der Waals surface area contributed by atoms with Crippen molar-refractivity contribution in [1.29, 1.82) is 0 Å². The van der Waals surface area contributed by atoms with Crippen molar-refractivity contribution in [3.63, 3.8) is 0 Å². The van der Waals surface area contributed by atoms with Gasteiger partial charge in [0, 0.05) is 12.7 Å². The van der Waals surface area contributed by atoms with Crippen LogP contribution in [0, 0.1) is 0 Å². The molecule has 0 amide bonds. The first-order chi connectivity index (χ1) is 10.2. The molecule has 118 valence electrons. The highest BCUT2D eigenvalue weighted by Gasteiger charge is 2.26. The number of rotatable bonds is 6.